The van der Waals surface area contributed by atoms with Crippen LogP contribution in [0.15, 0.2) is 66.0 Å². The summed E-state index contributed by atoms with van der Waals surface area (Å²) in [5.74, 6) is 0.109. The second kappa shape index (κ2) is 10.3. The van der Waals surface area contributed by atoms with Crippen molar-refractivity contribution in [1.29, 1.82) is 0 Å². The maximum absolute atomic E-state index is 12.4. The van der Waals surface area contributed by atoms with E-state index in [0.717, 1.165) is 38.6 Å². The molecule has 0 fully saturated rings. The molecule has 0 aliphatic carbocycles. The zero-order valence-electron chi connectivity index (χ0n) is 18.5. The van der Waals surface area contributed by atoms with Crippen LogP contribution in [0.1, 0.15) is 39.3 Å². The number of thioether (sulfide) groups is 1. The van der Waals surface area contributed by atoms with Crippen molar-refractivity contribution in [2.45, 2.75) is 37.6 Å². The lowest BCUT2D eigenvalue weighted by atomic mass is 10.1. The predicted octanol–water partition coefficient (Wildman–Crippen LogP) is 4.26. The molecule has 3 N–H and O–H groups in total. The summed E-state index contributed by atoms with van der Waals surface area (Å²) in [6.45, 7) is 3.90. The van der Waals surface area contributed by atoms with Crippen molar-refractivity contribution < 1.29 is 9.59 Å². The molecule has 2 aromatic carbocycles. The minimum atomic E-state index is -0.354. The van der Waals surface area contributed by atoms with E-state index in [1.165, 1.54) is 0 Å². The number of aromatic amines is 1. The second-order valence-corrected chi connectivity index (χ2v) is 8.72. The fraction of sp³-hybridized carbons (Fsp3) is 0.200. The molecule has 0 spiro atoms. The number of amides is 2. The van der Waals surface area contributed by atoms with Crippen molar-refractivity contribution >= 4 is 34.5 Å². The van der Waals surface area contributed by atoms with Gasteiger partial charge >= 0.3 is 0 Å². The normalized spacial score (nSPS) is 10.8. The van der Waals surface area contributed by atoms with E-state index in [9.17, 15) is 9.59 Å². The summed E-state index contributed by atoms with van der Waals surface area (Å²) in [5.41, 5.74) is 10.5. The maximum Gasteiger partial charge on any atom is 0.269 e. The van der Waals surface area contributed by atoms with Gasteiger partial charge in [-0.2, -0.15) is 0 Å². The highest BCUT2D eigenvalue weighted by Gasteiger charge is 2.10. The average Bonchev–Trinajstić information content (AvgIpc) is 3.23. The summed E-state index contributed by atoms with van der Waals surface area (Å²) >= 11 is 1.55. The Morgan fingerprint density at radius 3 is 2.45 bits per heavy atom. The minimum Gasteiger partial charge on any atom is -0.361 e. The Bertz CT molecular complexity index is 1260. The highest BCUT2D eigenvalue weighted by atomic mass is 32.2. The SMILES string of the molecule is Cc1cc(C)nc(SCc2ccc(C(=O)NNC(=O)CCc3c[nH]c4ccccc34)cc2)n1. The van der Waals surface area contributed by atoms with Crippen LogP contribution in [0.3, 0.4) is 0 Å². The Morgan fingerprint density at radius 2 is 1.70 bits per heavy atom. The lowest BCUT2D eigenvalue weighted by Crippen LogP contribution is -2.41. The number of nitrogens with one attached hydrogen (secondary N) is 3. The summed E-state index contributed by atoms with van der Waals surface area (Å²) in [6, 6.07) is 17.2. The van der Waals surface area contributed by atoms with E-state index in [2.05, 4.69) is 25.8 Å². The van der Waals surface area contributed by atoms with Crippen LogP contribution in [-0.4, -0.2) is 26.8 Å². The van der Waals surface area contributed by atoms with Crippen LogP contribution in [0, 0.1) is 13.8 Å². The lowest BCUT2D eigenvalue weighted by Gasteiger charge is -2.08. The van der Waals surface area contributed by atoms with E-state index in [0.29, 0.717) is 17.7 Å². The molecule has 2 aromatic heterocycles. The Balaban J connectivity index is 1.24. The van der Waals surface area contributed by atoms with Gasteiger partial charge in [0.15, 0.2) is 5.16 Å². The summed E-state index contributed by atoms with van der Waals surface area (Å²) < 4.78 is 0. The number of rotatable bonds is 7. The van der Waals surface area contributed by atoms with Gasteiger partial charge in [-0.3, -0.25) is 20.4 Å². The van der Waals surface area contributed by atoms with Crippen LogP contribution in [0.2, 0.25) is 0 Å². The van der Waals surface area contributed by atoms with Gasteiger partial charge in [0.2, 0.25) is 5.91 Å². The third-order valence-electron chi connectivity index (χ3n) is 5.16. The van der Waals surface area contributed by atoms with Crippen LogP contribution < -0.4 is 10.9 Å². The topological polar surface area (TPSA) is 99.8 Å². The number of aryl methyl sites for hydroxylation is 3. The molecular formula is C25H25N5O2S. The van der Waals surface area contributed by atoms with Crippen LogP contribution >= 0.6 is 11.8 Å². The molecule has 0 radical (unpaired) electrons. The van der Waals surface area contributed by atoms with Gasteiger partial charge in [0.1, 0.15) is 0 Å². The molecule has 0 saturated heterocycles. The molecule has 0 aliphatic rings. The van der Waals surface area contributed by atoms with Crippen LogP contribution in [-0.2, 0) is 17.0 Å². The third-order valence-corrected chi connectivity index (χ3v) is 6.08. The van der Waals surface area contributed by atoms with Gasteiger partial charge in [0.05, 0.1) is 0 Å². The third kappa shape index (κ3) is 5.98. The first-order chi connectivity index (χ1) is 16.0. The van der Waals surface area contributed by atoms with Crippen LogP contribution in [0.5, 0.6) is 0 Å². The smallest absolute Gasteiger partial charge is 0.269 e. The Morgan fingerprint density at radius 1 is 0.970 bits per heavy atom. The number of H-pyrrole nitrogens is 1. The highest BCUT2D eigenvalue weighted by Crippen LogP contribution is 2.21. The van der Waals surface area contributed by atoms with Crippen molar-refractivity contribution in [3.05, 3.63) is 88.9 Å². The molecule has 0 saturated carbocycles. The van der Waals surface area contributed by atoms with Gasteiger partial charge in [-0.1, -0.05) is 42.1 Å². The summed E-state index contributed by atoms with van der Waals surface area (Å²) in [6.07, 6.45) is 2.78. The van der Waals surface area contributed by atoms with Crippen LogP contribution in [0.25, 0.3) is 10.9 Å². The molecule has 0 unspecified atom stereocenters. The van der Waals surface area contributed by atoms with Gasteiger partial charge < -0.3 is 4.98 Å². The van der Waals surface area contributed by atoms with E-state index in [-0.39, 0.29) is 18.2 Å². The van der Waals surface area contributed by atoms with Crippen molar-refractivity contribution in [3.63, 3.8) is 0 Å². The molecule has 8 heteroatoms. The van der Waals surface area contributed by atoms with Gasteiger partial charge in [0.25, 0.3) is 5.91 Å². The van der Waals surface area contributed by atoms with Gasteiger partial charge in [-0.15, -0.1) is 0 Å². The number of hydrazine groups is 1. The molecule has 4 aromatic rings. The molecule has 0 aliphatic heterocycles. The van der Waals surface area contributed by atoms with Crippen LogP contribution in [0.4, 0.5) is 0 Å². The van der Waals surface area contributed by atoms with E-state index in [1.54, 1.807) is 23.9 Å². The molecule has 2 amide bonds. The summed E-state index contributed by atoms with van der Waals surface area (Å²) in [7, 11) is 0. The Labute approximate surface area is 196 Å². The van der Waals surface area contributed by atoms with Crippen molar-refractivity contribution in [1.82, 2.24) is 25.8 Å². The Kier molecular flexibility index (Phi) is 7.04. The fourth-order valence-electron chi connectivity index (χ4n) is 3.51. The second-order valence-electron chi connectivity index (χ2n) is 7.78. The molecule has 168 valence electrons. The number of hydrogen-bond donors (Lipinski definition) is 3. The molecule has 4 rings (SSSR count). The van der Waals surface area contributed by atoms with E-state index in [4.69, 9.17) is 0 Å². The number of nitrogens with zero attached hydrogens (tertiary/aromatic N) is 2. The highest BCUT2D eigenvalue weighted by molar-refractivity contribution is 7.98. The Hall–Kier alpha value is -3.65. The number of fused-ring (bicyclic) bond motifs is 1. The first kappa shape index (κ1) is 22.5. The number of para-hydroxylation sites is 1. The first-order valence-corrected chi connectivity index (χ1v) is 11.6. The first-order valence-electron chi connectivity index (χ1n) is 10.7. The molecular weight excluding hydrogens is 434 g/mol. The molecule has 2 heterocycles. The molecule has 7 nitrogen and oxygen atoms in total. The predicted molar refractivity (Wildman–Crippen MR) is 130 cm³/mol. The van der Waals surface area contributed by atoms with Crippen molar-refractivity contribution in [2.24, 2.45) is 0 Å². The molecule has 0 atom stereocenters. The summed E-state index contributed by atoms with van der Waals surface area (Å²) in [5, 5.41) is 1.85. The van der Waals surface area contributed by atoms with Gasteiger partial charge in [0, 0.05) is 46.2 Å². The minimum absolute atomic E-state index is 0.241. The number of aromatic nitrogens is 3. The zero-order chi connectivity index (χ0) is 23.2. The van der Waals surface area contributed by atoms with E-state index in [1.807, 2.05) is 62.5 Å². The monoisotopic (exact) mass is 459 g/mol. The van der Waals surface area contributed by atoms with Crippen molar-refractivity contribution in [2.75, 3.05) is 0 Å². The largest absolute Gasteiger partial charge is 0.361 e. The standard InChI is InChI=1S/C25H25N5O2S/c1-16-13-17(2)28-25(27-16)33-15-18-7-9-19(10-8-18)24(32)30-29-23(31)12-11-20-14-26-22-6-4-3-5-21(20)22/h3-10,13-14,26H,11-12,15H2,1-2H3,(H,29,31)(H,30,32). The fourth-order valence-corrected chi connectivity index (χ4v) is 4.41. The number of carbonyl (C=O) groups excluding carboxylic acids is 2. The van der Waals surface area contributed by atoms with E-state index < -0.39 is 0 Å². The van der Waals surface area contributed by atoms with Gasteiger partial charge in [-0.25, -0.2) is 9.97 Å². The molecule has 33 heavy (non-hydrogen) atoms. The average molecular weight is 460 g/mol. The summed E-state index contributed by atoms with van der Waals surface area (Å²) in [4.78, 5) is 36.6. The zero-order valence-corrected chi connectivity index (χ0v) is 19.3. The quantitative estimate of drug-likeness (QED) is 0.218. The lowest BCUT2D eigenvalue weighted by molar-refractivity contribution is -0.121. The number of hydrogen-bond acceptors (Lipinski definition) is 5. The maximum atomic E-state index is 12.4. The van der Waals surface area contributed by atoms with E-state index >= 15 is 0 Å². The van der Waals surface area contributed by atoms with Crippen molar-refractivity contribution in [3.8, 4) is 0 Å². The molecule has 0 bridgehead atoms. The number of carbonyl (C=O) groups is 2. The number of benzene rings is 2. The van der Waals surface area contributed by atoms with Gasteiger partial charge in [-0.05, 0) is 55.7 Å².